The van der Waals surface area contributed by atoms with Crippen LogP contribution in [0.2, 0.25) is 0 Å². The normalized spacial score (nSPS) is 17.1. The molecule has 1 saturated carbocycles. The Morgan fingerprint density at radius 2 is 1.53 bits per heavy atom. The molecule has 0 amide bonds. The second kappa shape index (κ2) is 10.8. The molecule has 1 fully saturated rings. The highest BCUT2D eigenvalue weighted by molar-refractivity contribution is 5.79. The third-order valence-corrected chi connectivity index (χ3v) is 5.45. The van der Waals surface area contributed by atoms with Crippen molar-refractivity contribution in [2.75, 3.05) is 0 Å². The van der Waals surface area contributed by atoms with Crippen LogP contribution in [0.25, 0.3) is 0 Å². The van der Waals surface area contributed by atoms with Crippen LogP contribution in [0.1, 0.15) is 43.2 Å². The Bertz CT molecular complexity index is 817. The molecule has 0 bridgehead atoms. The Hall–Kier alpha value is -2.90. The van der Waals surface area contributed by atoms with Crippen molar-refractivity contribution in [1.29, 1.82) is 0 Å². The van der Waals surface area contributed by atoms with Crippen molar-refractivity contribution in [3.8, 4) is 5.75 Å². The lowest BCUT2D eigenvalue weighted by Gasteiger charge is -2.35. The Morgan fingerprint density at radius 3 is 2.03 bits per heavy atom. The molecule has 1 aliphatic rings. The highest BCUT2D eigenvalue weighted by Gasteiger charge is 2.45. The van der Waals surface area contributed by atoms with E-state index in [1.165, 1.54) is 12.1 Å². The minimum atomic E-state index is -1.72. The number of phenolic OH excluding ortho intramolecular Hbond substituents is 1. The molecule has 0 saturated heterocycles. The van der Waals surface area contributed by atoms with Crippen molar-refractivity contribution < 1.29 is 30.0 Å². The Balaban J connectivity index is 0.000000222. The predicted molar refractivity (Wildman–Crippen MR) is 112 cm³/mol. The first kappa shape index (κ1) is 23.4. The number of nitrogens with two attached hydrogens (primary N) is 1. The number of carbonyl (C=O) groups is 2. The fraction of sp³-hybridized carbons (Fsp3) is 0.391. The Morgan fingerprint density at radius 1 is 0.967 bits per heavy atom. The SMILES string of the molecule is N[C@H](Cc1ccc(O)cc1)C(=O)O.O=C(O)[C@](O)(c1ccccc1)C1CCCCC1. The maximum atomic E-state index is 11.5. The summed E-state index contributed by atoms with van der Waals surface area (Å²) in [6, 6.07) is 14.2. The number of aromatic hydroxyl groups is 1. The first-order chi connectivity index (χ1) is 14.2. The molecule has 30 heavy (non-hydrogen) atoms. The fourth-order valence-corrected chi connectivity index (χ4v) is 3.72. The maximum Gasteiger partial charge on any atom is 0.340 e. The van der Waals surface area contributed by atoms with Crippen LogP contribution in [0.4, 0.5) is 0 Å². The van der Waals surface area contributed by atoms with Crippen molar-refractivity contribution in [3.63, 3.8) is 0 Å². The van der Waals surface area contributed by atoms with Gasteiger partial charge in [0, 0.05) is 5.92 Å². The molecule has 0 unspecified atom stereocenters. The third-order valence-electron chi connectivity index (χ3n) is 5.45. The molecule has 7 heteroatoms. The maximum absolute atomic E-state index is 11.5. The molecule has 3 rings (SSSR count). The summed E-state index contributed by atoms with van der Waals surface area (Å²) in [4.78, 5) is 21.9. The first-order valence-corrected chi connectivity index (χ1v) is 10.0. The molecule has 0 aliphatic heterocycles. The van der Waals surface area contributed by atoms with Gasteiger partial charge in [0.25, 0.3) is 0 Å². The standard InChI is InChI=1S/C14H18O3.C9H11NO3/c15-13(16)14(17,11-7-3-1-4-8-11)12-9-5-2-6-10-12;10-8(9(12)13)5-6-1-3-7(11)4-2-6/h1,3-4,7-8,12,17H,2,5-6,9-10H2,(H,15,16);1-4,8,11H,5,10H2,(H,12,13)/t14-;8-/m01/s1. The van der Waals surface area contributed by atoms with Crippen molar-refractivity contribution in [1.82, 2.24) is 0 Å². The summed E-state index contributed by atoms with van der Waals surface area (Å²) < 4.78 is 0. The Labute approximate surface area is 175 Å². The van der Waals surface area contributed by atoms with Gasteiger partial charge >= 0.3 is 11.9 Å². The van der Waals surface area contributed by atoms with Gasteiger partial charge in [-0.1, -0.05) is 61.7 Å². The average Bonchev–Trinajstić information content (AvgIpc) is 2.76. The van der Waals surface area contributed by atoms with Crippen LogP contribution < -0.4 is 5.73 Å². The van der Waals surface area contributed by atoms with E-state index in [4.69, 9.17) is 15.9 Å². The Kier molecular flexibility index (Phi) is 8.38. The van der Waals surface area contributed by atoms with E-state index in [2.05, 4.69) is 0 Å². The lowest BCUT2D eigenvalue weighted by molar-refractivity contribution is -0.168. The van der Waals surface area contributed by atoms with Gasteiger partial charge in [-0.25, -0.2) is 4.79 Å². The molecule has 0 heterocycles. The van der Waals surface area contributed by atoms with Gasteiger partial charge in [0.2, 0.25) is 0 Å². The van der Waals surface area contributed by atoms with E-state index >= 15 is 0 Å². The van der Waals surface area contributed by atoms with E-state index in [-0.39, 0.29) is 18.1 Å². The predicted octanol–water partition coefficient (Wildman–Crippen LogP) is 2.89. The van der Waals surface area contributed by atoms with E-state index in [0.29, 0.717) is 5.56 Å². The van der Waals surface area contributed by atoms with E-state index in [0.717, 1.165) is 37.7 Å². The number of aliphatic hydroxyl groups is 1. The molecule has 6 N–H and O–H groups in total. The van der Waals surface area contributed by atoms with Gasteiger partial charge < -0.3 is 26.2 Å². The highest BCUT2D eigenvalue weighted by Crippen LogP contribution is 2.39. The summed E-state index contributed by atoms with van der Waals surface area (Å²) in [6.07, 6.45) is 5.01. The number of hydrogen-bond donors (Lipinski definition) is 5. The summed E-state index contributed by atoms with van der Waals surface area (Å²) in [5, 5.41) is 37.4. The number of carboxylic acids is 2. The van der Waals surface area contributed by atoms with Gasteiger partial charge in [-0.2, -0.15) is 0 Å². The van der Waals surface area contributed by atoms with Crippen LogP contribution in [-0.2, 0) is 21.6 Å². The van der Waals surface area contributed by atoms with Crippen LogP contribution in [0.3, 0.4) is 0 Å². The zero-order chi connectivity index (χ0) is 22.1. The quantitative estimate of drug-likeness (QED) is 0.488. The van der Waals surface area contributed by atoms with Crippen molar-refractivity contribution >= 4 is 11.9 Å². The molecule has 0 aromatic heterocycles. The minimum Gasteiger partial charge on any atom is -0.508 e. The highest BCUT2D eigenvalue weighted by atomic mass is 16.4. The average molecular weight is 415 g/mol. The molecule has 2 atom stereocenters. The van der Waals surface area contributed by atoms with Crippen molar-refractivity contribution in [3.05, 3.63) is 65.7 Å². The molecule has 0 radical (unpaired) electrons. The van der Waals surface area contributed by atoms with Gasteiger partial charge in [0.1, 0.15) is 11.8 Å². The van der Waals surface area contributed by atoms with Crippen LogP contribution in [-0.4, -0.2) is 38.4 Å². The van der Waals surface area contributed by atoms with E-state index < -0.39 is 23.6 Å². The van der Waals surface area contributed by atoms with Crippen LogP contribution in [0.5, 0.6) is 5.75 Å². The molecule has 7 nitrogen and oxygen atoms in total. The topological polar surface area (TPSA) is 141 Å². The van der Waals surface area contributed by atoms with Crippen molar-refractivity contribution in [2.24, 2.45) is 11.7 Å². The monoisotopic (exact) mass is 415 g/mol. The van der Waals surface area contributed by atoms with Crippen LogP contribution in [0.15, 0.2) is 54.6 Å². The number of hydrogen-bond acceptors (Lipinski definition) is 5. The first-order valence-electron chi connectivity index (χ1n) is 10.0. The zero-order valence-electron chi connectivity index (χ0n) is 16.8. The van der Waals surface area contributed by atoms with Crippen molar-refractivity contribution in [2.45, 2.75) is 50.2 Å². The summed E-state index contributed by atoms with van der Waals surface area (Å²) in [5.41, 5.74) is 4.90. The second-order valence-electron chi connectivity index (χ2n) is 7.59. The number of carboxylic acid groups (broad SMARTS) is 2. The van der Waals surface area contributed by atoms with E-state index in [9.17, 15) is 19.8 Å². The third kappa shape index (κ3) is 6.05. The van der Waals surface area contributed by atoms with Gasteiger partial charge in [0.05, 0.1) is 0 Å². The zero-order valence-corrected chi connectivity index (χ0v) is 16.8. The lowest BCUT2D eigenvalue weighted by atomic mass is 9.73. The molecule has 2 aromatic rings. The number of benzene rings is 2. The largest absolute Gasteiger partial charge is 0.508 e. The van der Waals surface area contributed by atoms with Crippen LogP contribution in [0, 0.1) is 5.92 Å². The summed E-state index contributed by atoms with van der Waals surface area (Å²) in [6.45, 7) is 0. The fourth-order valence-electron chi connectivity index (χ4n) is 3.72. The molecule has 2 aromatic carbocycles. The van der Waals surface area contributed by atoms with E-state index in [1.54, 1.807) is 36.4 Å². The molecule has 0 spiro atoms. The van der Waals surface area contributed by atoms with Gasteiger partial charge in [-0.3, -0.25) is 4.79 Å². The summed E-state index contributed by atoms with van der Waals surface area (Å²) in [5.74, 6) is -2.16. The molecular weight excluding hydrogens is 386 g/mol. The van der Waals surface area contributed by atoms with Gasteiger partial charge in [0.15, 0.2) is 5.60 Å². The van der Waals surface area contributed by atoms with E-state index in [1.807, 2.05) is 6.07 Å². The smallest absolute Gasteiger partial charge is 0.340 e. The number of rotatable bonds is 6. The number of phenols is 1. The van der Waals surface area contributed by atoms with Gasteiger partial charge in [-0.15, -0.1) is 0 Å². The molecule has 162 valence electrons. The van der Waals surface area contributed by atoms with Crippen LogP contribution >= 0.6 is 0 Å². The molecule has 1 aliphatic carbocycles. The second-order valence-corrected chi connectivity index (χ2v) is 7.59. The minimum absolute atomic E-state index is 0.160. The van der Waals surface area contributed by atoms with Gasteiger partial charge in [-0.05, 0) is 42.5 Å². The summed E-state index contributed by atoms with van der Waals surface area (Å²) in [7, 11) is 0. The lowest BCUT2D eigenvalue weighted by Crippen LogP contribution is -2.43. The molecular formula is C23H29NO6. The summed E-state index contributed by atoms with van der Waals surface area (Å²) >= 11 is 0. The number of aliphatic carboxylic acids is 2.